The molecule has 2 aliphatic rings. The van der Waals surface area contributed by atoms with Crippen LogP contribution in [0, 0.1) is 0 Å². The first-order valence-electron chi connectivity index (χ1n) is 10.6. The van der Waals surface area contributed by atoms with Crippen molar-refractivity contribution in [2.75, 3.05) is 6.79 Å². The Balaban J connectivity index is 1.90. The van der Waals surface area contributed by atoms with E-state index >= 15 is 0 Å². The third kappa shape index (κ3) is 4.12. The van der Waals surface area contributed by atoms with Gasteiger partial charge in [-0.05, 0) is 58.3 Å². The van der Waals surface area contributed by atoms with Crippen LogP contribution in [0.4, 0.5) is 0 Å². The topological polar surface area (TPSA) is 76.5 Å². The summed E-state index contributed by atoms with van der Waals surface area (Å²) in [7, 11) is -2.02. The van der Waals surface area contributed by atoms with Crippen LogP contribution in [0.3, 0.4) is 0 Å². The second kappa shape index (κ2) is 8.72. The second-order valence-corrected chi connectivity index (χ2v) is 14.4. The number of hydrogen-bond donors (Lipinski definition) is 0. The largest absolute Gasteiger partial charge is 0.546 e. The lowest BCUT2D eigenvalue weighted by molar-refractivity contribution is 0.174. The van der Waals surface area contributed by atoms with Crippen molar-refractivity contribution < 1.29 is 13.9 Å². The minimum atomic E-state index is -2.02. The van der Waals surface area contributed by atoms with Crippen molar-refractivity contribution in [1.82, 2.24) is 0 Å². The van der Waals surface area contributed by atoms with Crippen molar-refractivity contribution in [3.8, 4) is 11.5 Å². The van der Waals surface area contributed by atoms with Gasteiger partial charge in [0.05, 0.1) is 11.8 Å². The van der Waals surface area contributed by atoms with E-state index in [0.29, 0.717) is 16.6 Å². The van der Waals surface area contributed by atoms with Crippen molar-refractivity contribution in [3.05, 3.63) is 46.0 Å². The summed E-state index contributed by atoms with van der Waals surface area (Å²) in [5.74, 6) is 2.65. The highest BCUT2D eigenvalue weighted by Crippen LogP contribution is 2.46. The molecular weight excluding hydrogens is 382 g/mol. The zero-order valence-corrected chi connectivity index (χ0v) is 19.4. The molecular formula is C22H33N3O3Si. The first-order chi connectivity index (χ1) is 13.8. The lowest BCUT2D eigenvalue weighted by Gasteiger charge is -2.44. The van der Waals surface area contributed by atoms with Gasteiger partial charge in [0.25, 0.3) is 8.32 Å². The van der Waals surface area contributed by atoms with Crippen LogP contribution >= 0.6 is 0 Å². The van der Waals surface area contributed by atoms with Crippen LogP contribution in [0.5, 0.6) is 11.5 Å². The van der Waals surface area contributed by atoms with Crippen LogP contribution in [-0.4, -0.2) is 21.2 Å². The van der Waals surface area contributed by atoms with E-state index in [2.05, 4.69) is 57.6 Å². The molecule has 1 aliphatic carbocycles. The Hall–Kier alpha value is -2.11. The molecule has 6 nitrogen and oxygen atoms in total. The highest BCUT2D eigenvalue weighted by atomic mass is 28.4. The molecule has 1 aliphatic heterocycles. The SMILES string of the molecule is CC(C)[Si](OC1=C[C@H](N=[N+]=[N-])[C@@H](c2ccc3c(c2)OCO3)CC1)(C(C)C)C(C)C. The molecule has 0 spiro atoms. The van der Waals surface area contributed by atoms with E-state index in [9.17, 15) is 5.53 Å². The average molecular weight is 416 g/mol. The quantitative estimate of drug-likeness (QED) is 0.207. The van der Waals surface area contributed by atoms with Crippen molar-refractivity contribution in [1.29, 1.82) is 0 Å². The molecule has 29 heavy (non-hydrogen) atoms. The fourth-order valence-corrected chi connectivity index (χ4v) is 10.5. The molecule has 0 aromatic heterocycles. The molecule has 1 heterocycles. The molecule has 1 aromatic carbocycles. The monoisotopic (exact) mass is 415 g/mol. The Labute approximate surface area is 175 Å². The molecule has 0 saturated carbocycles. The Kier molecular flexibility index (Phi) is 6.49. The number of rotatable bonds is 7. The van der Waals surface area contributed by atoms with E-state index in [0.717, 1.165) is 35.7 Å². The van der Waals surface area contributed by atoms with Gasteiger partial charge in [-0.2, -0.15) is 0 Å². The van der Waals surface area contributed by atoms with Gasteiger partial charge in [-0.25, -0.2) is 0 Å². The van der Waals surface area contributed by atoms with Gasteiger partial charge in [-0.1, -0.05) is 52.7 Å². The van der Waals surface area contributed by atoms with Crippen LogP contribution in [0.25, 0.3) is 10.4 Å². The minimum Gasteiger partial charge on any atom is -0.546 e. The lowest BCUT2D eigenvalue weighted by atomic mass is 9.83. The standard InChI is InChI=1S/C22H33N3O3Si/c1-14(2)29(15(3)4,16(5)6)28-18-8-9-19(20(12-18)24-25-23)17-7-10-21-22(11-17)27-13-26-21/h7,10-12,14-16,19-20H,8-9,13H2,1-6H3/t19-,20+/m1/s1. The van der Waals surface area contributed by atoms with Gasteiger partial charge in [0.1, 0.15) is 0 Å². The molecule has 158 valence electrons. The van der Waals surface area contributed by atoms with E-state index in [1.165, 1.54) is 0 Å². The number of fused-ring (bicyclic) bond motifs is 1. The van der Waals surface area contributed by atoms with E-state index in [1.54, 1.807) is 0 Å². The molecule has 0 radical (unpaired) electrons. The molecule has 1 aromatic rings. The number of hydrogen-bond acceptors (Lipinski definition) is 4. The van der Waals surface area contributed by atoms with Gasteiger partial charge in [0, 0.05) is 11.3 Å². The van der Waals surface area contributed by atoms with Crippen molar-refractivity contribution >= 4 is 8.32 Å². The maximum absolute atomic E-state index is 9.17. The number of nitrogens with zero attached hydrogens (tertiary/aromatic N) is 3. The smallest absolute Gasteiger partial charge is 0.258 e. The molecule has 3 rings (SSSR count). The Morgan fingerprint density at radius 2 is 1.72 bits per heavy atom. The van der Waals surface area contributed by atoms with E-state index in [4.69, 9.17) is 13.9 Å². The Morgan fingerprint density at radius 1 is 1.07 bits per heavy atom. The highest BCUT2D eigenvalue weighted by Gasteiger charge is 2.47. The van der Waals surface area contributed by atoms with E-state index in [1.807, 2.05) is 18.2 Å². The molecule has 2 atom stereocenters. The molecule has 0 amide bonds. The number of allylic oxidation sites excluding steroid dienone is 1. The van der Waals surface area contributed by atoms with Crippen LogP contribution < -0.4 is 9.47 Å². The van der Waals surface area contributed by atoms with Crippen molar-refractivity contribution in [3.63, 3.8) is 0 Å². The Bertz CT molecular complexity index is 794. The molecule has 0 fully saturated rings. The summed E-state index contributed by atoms with van der Waals surface area (Å²) < 4.78 is 17.8. The summed E-state index contributed by atoms with van der Waals surface area (Å²) >= 11 is 0. The second-order valence-electron chi connectivity index (χ2n) is 9.01. The predicted molar refractivity (Wildman–Crippen MR) is 118 cm³/mol. The van der Waals surface area contributed by atoms with Crippen molar-refractivity contribution in [2.24, 2.45) is 5.11 Å². The number of ether oxygens (including phenoxy) is 2. The van der Waals surface area contributed by atoms with Gasteiger partial charge < -0.3 is 13.9 Å². The maximum Gasteiger partial charge on any atom is 0.258 e. The number of benzene rings is 1. The summed E-state index contributed by atoms with van der Waals surface area (Å²) in [5.41, 5.74) is 11.8. The first-order valence-corrected chi connectivity index (χ1v) is 12.8. The maximum atomic E-state index is 9.17. The minimum absolute atomic E-state index is 0.112. The van der Waals surface area contributed by atoms with Crippen molar-refractivity contribution in [2.45, 2.75) is 83.0 Å². The summed E-state index contributed by atoms with van der Waals surface area (Å²) in [6.07, 6.45) is 3.80. The zero-order chi connectivity index (χ0) is 21.2. The summed E-state index contributed by atoms with van der Waals surface area (Å²) in [5, 5.41) is 4.12. The van der Waals surface area contributed by atoms with Gasteiger partial charge >= 0.3 is 0 Å². The molecule has 0 N–H and O–H groups in total. The number of azide groups is 1. The average Bonchev–Trinajstić information content (AvgIpc) is 3.13. The van der Waals surface area contributed by atoms with Crippen LogP contribution in [0.1, 0.15) is 65.9 Å². The van der Waals surface area contributed by atoms with Crippen LogP contribution in [-0.2, 0) is 4.43 Å². The van der Waals surface area contributed by atoms with Gasteiger partial charge in [-0.15, -0.1) is 0 Å². The summed E-state index contributed by atoms with van der Waals surface area (Å²) in [6.45, 7) is 14.0. The summed E-state index contributed by atoms with van der Waals surface area (Å²) in [4.78, 5) is 3.12. The van der Waals surface area contributed by atoms with Gasteiger partial charge in [0.2, 0.25) is 6.79 Å². The van der Waals surface area contributed by atoms with Crippen LogP contribution in [0.2, 0.25) is 16.6 Å². The molecule has 0 saturated heterocycles. The summed E-state index contributed by atoms with van der Waals surface area (Å²) in [6, 6.07) is 5.74. The normalized spacial score (nSPS) is 21.3. The van der Waals surface area contributed by atoms with Gasteiger partial charge in [0.15, 0.2) is 11.5 Å². The third-order valence-corrected chi connectivity index (χ3v) is 12.5. The lowest BCUT2D eigenvalue weighted by Crippen LogP contribution is -2.47. The fraction of sp³-hybridized carbons (Fsp3) is 0.636. The van der Waals surface area contributed by atoms with E-state index in [-0.39, 0.29) is 18.8 Å². The predicted octanol–water partition coefficient (Wildman–Crippen LogP) is 7.05. The Morgan fingerprint density at radius 3 is 2.34 bits per heavy atom. The van der Waals surface area contributed by atoms with Crippen LogP contribution in [0.15, 0.2) is 35.1 Å². The zero-order valence-electron chi connectivity index (χ0n) is 18.4. The molecule has 7 heteroatoms. The molecule has 0 unspecified atom stereocenters. The third-order valence-electron chi connectivity index (χ3n) is 6.50. The fourth-order valence-electron chi connectivity index (χ4n) is 5.21. The highest BCUT2D eigenvalue weighted by molar-refractivity contribution is 6.77. The molecule has 0 bridgehead atoms. The van der Waals surface area contributed by atoms with E-state index < -0.39 is 8.32 Å². The van der Waals surface area contributed by atoms with Gasteiger partial charge in [-0.3, -0.25) is 0 Å². The first kappa shape index (κ1) is 21.6.